The molecule has 0 radical (unpaired) electrons. The molecule has 1 aromatic carbocycles. The number of nitrogens with one attached hydrogen (secondary N) is 1. The molecule has 2 heterocycles. The Balaban J connectivity index is 1.48. The van der Waals surface area contributed by atoms with E-state index in [0.717, 1.165) is 38.2 Å². The molecule has 23 heavy (non-hydrogen) atoms. The van der Waals surface area contributed by atoms with E-state index in [9.17, 15) is 4.79 Å². The molecule has 1 spiro atoms. The van der Waals surface area contributed by atoms with Crippen LogP contribution in [-0.2, 0) is 4.74 Å². The quantitative estimate of drug-likeness (QED) is 0.948. The molecule has 1 aliphatic carbocycles. The highest BCUT2D eigenvalue weighted by atomic mass is 16.5. The summed E-state index contributed by atoms with van der Waals surface area (Å²) < 4.78 is 7.24. The van der Waals surface area contributed by atoms with Crippen molar-refractivity contribution in [1.82, 2.24) is 15.1 Å². The minimum atomic E-state index is 0.00886. The van der Waals surface area contributed by atoms with E-state index in [0.29, 0.717) is 5.56 Å². The summed E-state index contributed by atoms with van der Waals surface area (Å²) >= 11 is 0. The third-order valence-electron chi connectivity index (χ3n) is 5.34. The first-order valence-corrected chi connectivity index (χ1v) is 8.26. The average Bonchev–Trinajstić information content (AvgIpc) is 3.14. The predicted molar refractivity (Wildman–Crippen MR) is 86.5 cm³/mol. The maximum Gasteiger partial charge on any atom is 0.251 e. The molecule has 1 amide bonds. The number of amides is 1. The van der Waals surface area contributed by atoms with E-state index in [1.54, 1.807) is 10.9 Å². The van der Waals surface area contributed by atoms with Gasteiger partial charge < -0.3 is 10.1 Å². The van der Waals surface area contributed by atoms with Gasteiger partial charge in [0.15, 0.2) is 0 Å². The van der Waals surface area contributed by atoms with Crippen LogP contribution in [0.25, 0.3) is 5.69 Å². The summed E-state index contributed by atoms with van der Waals surface area (Å²) in [6.07, 6.45) is 8.01. The van der Waals surface area contributed by atoms with Crippen LogP contribution < -0.4 is 5.32 Å². The molecule has 120 valence electrons. The smallest absolute Gasteiger partial charge is 0.251 e. The van der Waals surface area contributed by atoms with Gasteiger partial charge in [-0.25, -0.2) is 4.68 Å². The topological polar surface area (TPSA) is 56.1 Å². The maximum absolute atomic E-state index is 12.6. The predicted octanol–water partition coefficient (Wildman–Crippen LogP) is 2.56. The Bertz CT molecular complexity index is 690. The highest BCUT2D eigenvalue weighted by Gasteiger charge is 2.47. The lowest BCUT2D eigenvalue weighted by molar-refractivity contribution is -0.0523. The fourth-order valence-corrected chi connectivity index (χ4v) is 3.75. The third-order valence-corrected chi connectivity index (χ3v) is 5.34. The zero-order chi connectivity index (χ0) is 15.7. The molecular weight excluding hydrogens is 290 g/mol. The molecule has 1 saturated carbocycles. The number of ether oxygens (including phenoxy) is 1. The van der Waals surface area contributed by atoms with Crippen molar-refractivity contribution in [2.24, 2.45) is 5.41 Å². The van der Waals surface area contributed by atoms with Crippen LogP contribution in [-0.4, -0.2) is 34.9 Å². The average molecular weight is 311 g/mol. The van der Waals surface area contributed by atoms with Gasteiger partial charge in [0.1, 0.15) is 0 Å². The van der Waals surface area contributed by atoms with E-state index < -0.39 is 0 Å². The van der Waals surface area contributed by atoms with Crippen LogP contribution in [0.1, 0.15) is 36.0 Å². The van der Waals surface area contributed by atoms with Crippen LogP contribution >= 0.6 is 0 Å². The maximum atomic E-state index is 12.6. The summed E-state index contributed by atoms with van der Waals surface area (Å²) in [6, 6.07) is 9.75. The molecule has 1 atom stereocenters. The molecule has 4 rings (SSSR count). The van der Waals surface area contributed by atoms with Crippen LogP contribution in [0.3, 0.4) is 0 Å². The van der Waals surface area contributed by atoms with Gasteiger partial charge in [0.2, 0.25) is 0 Å². The van der Waals surface area contributed by atoms with Gasteiger partial charge in [-0.2, -0.15) is 5.10 Å². The van der Waals surface area contributed by atoms with Gasteiger partial charge >= 0.3 is 0 Å². The summed E-state index contributed by atoms with van der Waals surface area (Å²) in [7, 11) is 0. The number of rotatable bonds is 3. The minimum absolute atomic E-state index is 0.00886. The SMILES string of the molecule is O=C(NC1CCC12CCOCC2)c1cccc(-n2cccn2)c1. The molecule has 2 fully saturated rings. The summed E-state index contributed by atoms with van der Waals surface area (Å²) in [5.74, 6) is 0.00886. The van der Waals surface area contributed by atoms with Gasteiger partial charge in [-0.05, 0) is 55.4 Å². The number of hydrogen-bond acceptors (Lipinski definition) is 3. The standard InChI is InChI=1S/C18H21N3O2/c22-17(20-16-5-6-18(16)7-11-23-12-8-18)14-3-1-4-15(13-14)21-10-2-9-19-21/h1-4,9-10,13,16H,5-8,11-12H2,(H,20,22). The molecule has 1 aromatic heterocycles. The molecule has 0 bridgehead atoms. The number of aromatic nitrogens is 2. The summed E-state index contributed by atoms with van der Waals surface area (Å²) in [4.78, 5) is 12.6. The lowest BCUT2D eigenvalue weighted by Gasteiger charge is -2.52. The second-order valence-electron chi connectivity index (χ2n) is 6.54. The van der Waals surface area contributed by atoms with Gasteiger partial charge in [-0.3, -0.25) is 4.79 Å². The number of carbonyl (C=O) groups excluding carboxylic acids is 1. The minimum Gasteiger partial charge on any atom is -0.381 e. The fourth-order valence-electron chi connectivity index (χ4n) is 3.75. The molecular formula is C18H21N3O2. The Morgan fingerprint density at radius 1 is 1.26 bits per heavy atom. The van der Waals surface area contributed by atoms with Crippen LogP contribution in [0, 0.1) is 5.41 Å². The zero-order valence-corrected chi connectivity index (χ0v) is 13.1. The first kappa shape index (κ1) is 14.5. The largest absolute Gasteiger partial charge is 0.381 e. The third kappa shape index (κ3) is 2.65. The first-order chi connectivity index (χ1) is 11.3. The van der Waals surface area contributed by atoms with E-state index >= 15 is 0 Å². The highest BCUT2D eigenvalue weighted by molar-refractivity contribution is 5.95. The second kappa shape index (κ2) is 5.81. The van der Waals surface area contributed by atoms with Crippen molar-refractivity contribution in [2.45, 2.75) is 31.7 Å². The van der Waals surface area contributed by atoms with Gasteiger partial charge in [-0.1, -0.05) is 6.07 Å². The van der Waals surface area contributed by atoms with Crippen LogP contribution in [0.2, 0.25) is 0 Å². The fraction of sp³-hybridized carbons (Fsp3) is 0.444. The van der Waals surface area contributed by atoms with E-state index in [-0.39, 0.29) is 17.4 Å². The zero-order valence-electron chi connectivity index (χ0n) is 13.1. The van der Waals surface area contributed by atoms with E-state index in [4.69, 9.17) is 4.74 Å². The van der Waals surface area contributed by atoms with Crippen LogP contribution in [0.5, 0.6) is 0 Å². The van der Waals surface area contributed by atoms with Crippen LogP contribution in [0.4, 0.5) is 0 Å². The van der Waals surface area contributed by atoms with E-state index in [1.807, 2.05) is 36.5 Å². The Hall–Kier alpha value is -2.14. The van der Waals surface area contributed by atoms with Gasteiger partial charge in [-0.15, -0.1) is 0 Å². The van der Waals surface area contributed by atoms with Crippen molar-refractivity contribution in [3.05, 3.63) is 48.3 Å². The Morgan fingerprint density at radius 2 is 2.13 bits per heavy atom. The normalized spacial score (nSPS) is 22.5. The monoisotopic (exact) mass is 311 g/mol. The van der Waals surface area contributed by atoms with Crippen molar-refractivity contribution in [3.8, 4) is 5.69 Å². The van der Waals surface area contributed by atoms with E-state index in [2.05, 4.69) is 10.4 Å². The van der Waals surface area contributed by atoms with Gasteiger partial charge in [0, 0.05) is 37.2 Å². The molecule has 1 saturated heterocycles. The molecule has 2 aliphatic rings. The number of benzene rings is 1. The molecule has 1 unspecified atom stereocenters. The first-order valence-electron chi connectivity index (χ1n) is 8.26. The molecule has 1 aliphatic heterocycles. The van der Waals surface area contributed by atoms with Crippen LogP contribution in [0.15, 0.2) is 42.7 Å². The lowest BCUT2D eigenvalue weighted by atomic mass is 9.60. The van der Waals surface area contributed by atoms with Crippen molar-refractivity contribution >= 4 is 5.91 Å². The second-order valence-corrected chi connectivity index (χ2v) is 6.54. The van der Waals surface area contributed by atoms with Gasteiger partial charge in [0.25, 0.3) is 5.91 Å². The number of carbonyl (C=O) groups is 1. The van der Waals surface area contributed by atoms with E-state index in [1.165, 1.54) is 6.42 Å². The summed E-state index contributed by atoms with van der Waals surface area (Å²) in [5, 5.41) is 7.46. The Labute approximate surface area is 135 Å². The van der Waals surface area contributed by atoms with Crippen molar-refractivity contribution in [3.63, 3.8) is 0 Å². The highest BCUT2D eigenvalue weighted by Crippen LogP contribution is 2.48. The van der Waals surface area contributed by atoms with Crippen molar-refractivity contribution < 1.29 is 9.53 Å². The Kier molecular flexibility index (Phi) is 3.65. The number of nitrogens with zero attached hydrogens (tertiary/aromatic N) is 2. The summed E-state index contributed by atoms with van der Waals surface area (Å²) in [6.45, 7) is 1.64. The number of hydrogen-bond donors (Lipinski definition) is 1. The van der Waals surface area contributed by atoms with Gasteiger partial charge in [0.05, 0.1) is 5.69 Å². The summed E-state index contributed by atoms with van der Waals surface area (Å²) in [5.41, 5.74) is 1.86. The lowest BCUT2D eigenvalue weighted by Crippen LogP contribution is -2.57. The molecule has 5 nitrogen and oxygen atoms in total. The molecule has 2 aromatic rings. The van der Waals surface area contributed by atoms with Crippen molar-refractivity contribution in [2.75, 3.05) is 13.2 Å². The Morgan fingerprint density at radius 3 is 2.83 bits per heavy atom. The molecule has 5 heteroatoms. The van der Waals surface area contributed by atoms with Crippen molar-refractivity contribution in [1.29, 1.82) is 0 Å². The molecule has 1 N–H and O–H groups in total.